The molecule has 1 aromatic carbocycles. The molecular formula is C28H29N7O. The van der Waals surface area contributed by atoms with Crippen molar-refractivity contribution in [2.75, 3.05) is 67.1 Å². The molecule has 3 aromatic heterocycles. The second-order valence-corrected chi connectivity index (χ2v) is 9.17. The number of aromatic nitrogens is 3. The molecule has 4 aromatic rings. The number of hydrogen-bond acceptors (Lipinski definition) is 7. The minimum atomic E-state index is 0.0471. The number of carbonyl (C=O) groups excluding carboxylic acids is 1. The Balaban J connectivity index is 1.19. The smallest absolute Gasteiger partial charge is 0.256 e. The maximum atomic E-state index is 13.6. The van der Waals surface area contributed by atoms with Gasteiger partial charge in [-0.3, -0.25) is 4.79 Å². The van der Waals surface area contributed by atoms with E-state index in [0.29, 0.717) is 18.7 Å². The van der Waals surface area contributed by atoms with Crippen LogP contribution < -0.4 is 14.7 Å². The lowest BCUT2D eigenvalue weighted by molar-refractivity contribution is 0.0748. The van der Waals surface area contributed by atoms with Crippen LogP contribution in [0.5, 0.6) is 0 Å². The Morgan fingerprint density at radius 1 is 0.583 bits per heavy atom. The molecule has 0 saturated carbocycles. The van der Waals surface area contributed by atoms with Crippen molar-refractivity contribution in [1.82, 2.24) is 19.9 Å². The Labute approximate surface area is 210 Å². The Morgan fingerprint density at radius 3 is 1.69 bits per heavy atom. The van der Waals surface area contributed by atoms with E-state index in [1.807, 2.05) is 65.8 Å². The van der Waals surface area contributed by atoms with Gasteiger partial charge in [0.2, 0.25) is 0 Å². The topological polar surface area (TPSA) is 68.7 Å². The van der Waals surface area contributed by atoms with Gasteiger partial charge in [0, 0.05) is 76.3 Å². The van der Waals surface area contributed by atoms with Gasteiger partial charge in [-0.15, -0.1) is 0 Å². The molecule has 2 saturated heterocycles. The van der Waals surface area contributed by atoms with E-state index in [4.69, 9.17) is 4.98 Å². The summed E-state index contributed by atoms with van der Waals surface area (Å²) in [6.07, 6.45) is 5.42. The van der Waals surface area contributed by atoms with E-state index in [2.05, 4.69) is 36.8 Å². The second kappa shape index (κ2) is 9.81. The zero-order chi connectivity index (χ0) is 24.3. The van der Waals surface area contributed by atoms with Gasteiger partial charge in [-0.1, -0.05) is 36.4 Å². The fourth-order valence-corrected chi connectivity index (χ4v) is 5.14. The number of benzene rings is 1. The average molecular weight is 480 g/mol. The predicted octanol–water partition coefficient (Wildman–Crippen LogP) is 3.31. The third kappa shape index (κ3) is 4.30. The fraction of sp³-hybridized carbons (Fsp3) is 0.286. The quantitative estimate of drug-likeness (QED) is 0.445. The molecule has 8 heteroatoms. The lowest BCUT2D eigenvalue weighted by Gasteiger charge is -2.37. The number of rotatable bonds is 4. The summed E-state index contributed by atoms with van der Waals surface area (Å²) in [6.45, 7) is 6.36. The molecule has 0 spiro atoms. The Kier molecular flexibility index (Phi) is 6.07. The van der Waals surface area contributed by atoms with E-state index in [0.717, 1.165) is 67.5 Å². The summed E-state index contributed by atoms with van der Waals surface area (Å²) in [6, 6.07) is 20.1. The summed E-state index contributed by atoms with van der Waals surface area (Å²) in [5, 5.41) is 1.99. The number of fused-ring (bicyclic) bond motifs is 1. The van der Waals surface area contributed by atoms with Gasteiger partial charge in [-0.25, -0.2) is 15.0 Å². The first-order valence-electron chi connectivity index (χ1n) is 12.5. The number of pyridine rings is 3. The third-order valence-corrected chi connectivity index (χ3v) is 7.10. The summed E-state index contributed by atoms with van der Waals surface area (Å²) < 4.78 is 0. The van der Waals surface area contributed by atoms with Gasteiger partial charge in [0.1, 0.15) is 17.5 Å². The molecule has 0 aliphatic carbocycles. The lowest BCUT2D eigenvalue weighted by Crippen LogP contribution is -2.49. The van der Waals surface area contributed by atoms with E-state index in [1.54, 1.807) is 6.20 Å². The number of nitrogens with zero attached hydrogens (tertiary/aromatic N) is 7. The maximum absolute atomic E-state index is 13.6. The van der Waals surface area contributed by atoms with Gasteiger partial charge in [0.15, 0.2) is 0 Å². The first-order chi connectivity index (χ1) is 17.8. The molecule has 2 aliphatic rings. The molecule has 2 fully saturated rings. The molecule has 182 valence electrons. The lowest BCUT2D eigenvalue weighted by atomic mass is 10.0. The van der Waals surface area contributed by atoms with Gasteiger partial charge in [-0.2, -0.15) is 0 Å². The van der Waals surface area contributed by atoms with Gasteiger partial charge >= 0.3 is 0 Å². The van der Waals surface area contributed by atoms with Crippen LogP contribution in [0.25, 0.3) is 10.8 Å². The van der Waals surface area contributed by atoms with E-state index in [-0.39, 0.29) is 5.91 Å². The van der Waals surface area contributed by atoms with E-state index in [9.17, 15) is 4.79 Å². The summed E-state index contributed by atoms with van der Waals surface area (Å²) in [5.74, 6) is 2.97. The molecule has 36 heavy (non-hydrogen) atoms. The van der Waals surface area contributed by atoms with Crippen LogP contribution in [0.1, 0.15) is 10.4 Å². The normalized spacial score (nSPS) is 16.4. The van der Waals surface area contributed by atoms with Crippen molar-refractivity contribution in [2.45, 2.75) is 0 Å². The first-order valence-corrected chi connectivity index (χ1v) is 12.5. The van der Waals surface area contributed by atoms with E-state index in [1.165, 1.54) is 0 Å². The summed E-state index contributed by atoms with van der Waals surface area (Å²) in [4.78, 5) is 36.1. The van der Waals surface area contributed by atoms with Gasteiger partial charge in [0.25, 0.3) is 5.91 Å². The largest absolute Gasteiger partial charge is 0.353 e. The van der Waals surface area contributed by atoms with Crippen molar-refractivity contribution in [3.63, 3.8) is 0 Å². The highest BCUT2D eigenvalue weighted by Gasteiger charge is 2.26. The molecule has 2 aliphatic heterocycles. The highest BCUT2D eigenvalue weighted by Crippen LogP contribution is 2.29. The zero-order valence-corrected chi connectivity index (χ0v) is 20.2. The second-order valence-electron chi connectivity index (χ2n) is 9.17. The third-order valence-electron chi connectivity index (χ3n) is 7.10. The minimum absolute atomic E-state index is 0.0471. The fourth-order valence-electron chi connectivity index (χ4n) is 5.14. The summed E-state index contributed by atoms with van der Waals surface area (Å²) >= 11 is 0. The molecule has 8 nitrogen and oxygen atoms in total. The predicted molar refractivity (Wildman–Crippen MR) is 143 cm³/mol. The van der Waals surface area contributed by atoms with Crippen LogP contribution in [-0.4, -0.2) is 78.1 Å². The molecular weight excluding hydrogens is 450 g/mol. The summed E-state index contributed by atoms with van der Waals surface area (Å²) in [7, 11) is 0. The Hall–Kier alpha value is -4.20. The summed E-state index contributed by atoms with van der Waals surface area (Å²) in [5.41, 5.74) is 0.674. The highest BCUT2D eigenvalue weighted by molar-refractivity contribution is 6.09. The average Bonchev–Trinajstić information content (AvgIpc) is 2.97. The number of hydrogen-bond donors (Lipinski definition) is 0. The maximum Gasteiger partial charge on any atom is 0.256 e. The van der Waals surface area contributed by atoms with Crippen molar-refractivity contribution < 1.29 is 4.79 Å². The van der Waals surface area contributed by atoms with Gasteiger partial charge < -0.3 is 19.6 Å². The SMILES string of the molecule is O=C(c1cnc(N2CCN(c3ccccn3)CC2)c2ccccc12)N1CCN(c2ccccn2)CC1. The number of piperazine rings is 2. The van der Waals surface area contributed by atoms with Crippen LogP contribution in [0.15, 0.2) is 79.3 Å². The van der Waals surface area contributed by atoms with Crippen LogP contribution >= 0.6 is 0 Å². The van der Waals surface area contributed by atoms with E-state index < -0.39 is 0 Å². The van der Waals surface area contributed by atoms with Crippen molar-refractivity contribution in [2.24, 2.45) is 0 Å². The molecule has 0 atom stereocenters. The Bertz CT molecular complexity index is 1330. The number of anilines is 3. The van der Waals surface area contributed by atoms with Crippen LogP contribution in [0.2, 0.25) is 0 Å². The van der Waals surface area contributed by atoms with Crippen LogP contribution in [0, 0.1) is 0 Å². The highest BCUT2D eigenvalue weighted by atomic mass is 16.2. The molecule has 0 bridgehead atoms. The van der Waals surface area contributed by atoms with Crippen molar-refractivity contribution >= 4 is 34.1 Å². The number of carbonyl (C=O) groups is 1. The molecule has 5 heterocycles. The molecule has 0 radical (unpaired) electrons. The van der Waals surface area contributed by atoms with E-state index >= 15 is 0 Å². The van der Waals surface area contributed by atoms with Crippen LogP contribution in [0.4, 0.5) is 17.5 Å². The Morgan fingerprint density at radius 2 is 1.11 bits per heavy atom. The first kappa shape index (κ1) is 22.3. The van der Waals surface area contributed by atoms with Crippen LogP contribution in [-0.2, 0) is 0 Å². The zero-order valence-electron chi connectivity index (χ0n) is 20.2. The van der Waals surface area contributed by atoms with Crippen molar-refractivity contribution in [1.29, 1.82) is 0 Å². The standard InChI is InChI=1S/C28H29N7O/c36-28(35-19-15-33(16-20-35)26-10-4-6-12-30-26)24-21-31-27(23-8-2-1-7-22(23)24)34-17-13-32(14-18-34)25-9-3-5-11-29-25/h1-12,21H,13-20H2. The van der Waals surface area contributed by atoms with Gasteiger partial charge in [-0.05, 0) is 29.7 Å². The van der Waals surface area contributed by atoms with Gasteiger partial charge in [0.05, 0.1) is 5.56 Å². The number of amides is 1. The molecule has 0 unspecified atom stereocenters. The van der Waals surface area contributed by atoms with Crippen molar-refractivity contribution in [3.05, 3.63) is 84.8 Å². The monoisotopic (exact) mass is 479 g/mol. The molecule has 6 rings (SSSR count). The van der Waals surface area contributed by atoms with Crippen LogP contribution in [0.3, 0.4) is 0 Å². The molecule has 1 amide bonds. The molecule has 0 N–H and O–H groups in total. The van der Waals surface area contributed by atoms with Crippen molar-refractivity contribution in [3.8, 4) is 0 Å². The minimum Gasteiger partial charge on any atom is -0.353 e.